The first-order valence-electron chi connectivity index (χ1n) is 4.12. The molecule has 0 amide bonds. The molecule has 0 saturated carbocycles. The van der Waals surface area contributed by atoms with Gasteiger partial charge in [0, 0.05) is 5.69 Å². The van der Waals surface area contributed by atoms with Gasteiger partial charge in [0.15, 0.2) is 11.6 Å². The summed E-state index contributed by atoms with van der Waals surface area (Å²) in [5.74, 6) is 1.76. The Morgan fingerprint density at radius 3 is 3.17 bits per heavy atom. The van der Waals surface area contributed by atoms with Gasteiger partial charge in [-0.25, -0.2) is 4.98 Å². The zero-order valence-corrected chi connectivity index (χ0v) is 7.35. The lowest BCUT2D eigenvalue weighted by atomic mass is 10.2. The smallest absolute Gasteiger partial charge is 0.169 e. The van der Waals surface area contributed by atoms with Crippen LogP contribution < -0.4 is 10.1 Å². The lowest BCUT2D eigenvalue weighted by Crippen LogP contribution is -2.19. The summed E-state index contributed by atoms with van der Waals surface area (Å²) in [6.45, 7) is 5.63. The Morgan fingerprint density at radius 1 is 1.50 bits per heavy atom. The molecule has 0 radical (unpaired) electrons. The van der Waals surface area contributed by atoms with Crippen LogP contribution >= 0.6 is 0 Å². The van der Waals surface area contributed by atoms with Crippen LogP contribution in [0.3, 0.4) is 0 Å². The third-order valence-electron chi connectivity index (χ3n) is 2.08. The Kier molecular flexibility index (Phi) is 1.64. The molecule has 1 aliphatic rings. The summed E-state index contributed by atoms with van der Waals surface area (Å²) >= 11 is 0. The minimum absolute atomic E-state index is 0.733. The van der Waals surface area contributed by atoms with E-state index in [1.54, 1.807) is 0 Å². The van der Waals surface area contributed by atoms with Crippen LogP contribution in [-0.4, -0.2) is 18.1 Å². The van der Waals surface area contributed by atoms with Crippen molar-refractivity contribution in [2.24, 2.45) is 0 Å². The van der Waals surface area contributed by atoms with Crippen LogP contribution in [-0.2, 0) is 0 Å². The molecule has 64 valence electrons. The molecular formula is C9H12N2O. The summed E-state index contributed by atoms with van der Waals surface area (Å²) in [5.41, 5.74) is 2.24. The van der Waals surface area contributed by atoms with Gasteiger partial charge in [-0.3, -0.25) is 0 Å². The van der Waals surface area contributed by atoms with Crippen molar-refractivity contribution in [3.05, 3.63) is 17.3 Å². The van der Waals surface area contributed by atoms with Crippen LogP contribution in [0.5, 0.6) is 5.75 Å². The average Bonchev–Trinajstić information content (AvgIpc) is 2.07. The van der Waals surface area contributed by atoms with E-state index in [1.807, 2.05) is 19.9 Å². The Bertz CT molecular complexity index is 279. The molecule has 12 heavy (non-hydrogen) atoms. The summed E-state index contributed by atoms with van der Waals surface area (Å²) in [5, 5.41) is 3.19. The molecule has 0 fully saturated rings. The molecule has 2 heterocycles. The molecular weight excluding hydrogens is 152 g/mol. The Hall–Kier alpha value is -1.25. The fourth-order valence-electron chi connectivity index (χ4n) is 1.25. The first kappa shape index (κ1) is 7.40. The first-order valence-corrected chi connectivity index (χ1v) is 4.12. The summed E-state index contributed by atoms with van der Waals surface area (Å²) in [6.07, 6.45) is 0. The normalized spacial score (nSPS) is 14.5. The van der Waals surface area contributed by atoms with Gasteiger partial charge in [-0.05, 0) is 25.5 Å². The van der Waals surface area contributed by atoms with Crippen molar-refractivity contribution in [3.63, 3.8) is 0 Å². The van der Waals surface area contributed by atoms with Gasteiger partial charge in [-0.1, -0.05) is 0 Å². The largest absolute Gasteiger partial charge is 0.488 e. The van der Waals surface area contributed by atoms with E-state index in [0.29, 0.717) is 0 Å². The van der Waals surface area contributed by atoms with Crippen LogP contribution in [0.1, 0.15) is 11.3 Å². The molecule has 3 nitrogen and oxygen atoms in total. The summed E-state index contributed by atoms with van der Waals surface area (Å²) < 4.78 is 5.43. The zero-order valence-electron chi connectivity index (χ0n) is 7.35. The highest BCUT2D eigenvalue weighted by atomic mass is 16.5. The molecule has 1 aliphatic heterocycles. The predicted molar refractivity (Wildman–Crippen MR) is 47.7 cm³/mol. The van der Waals surface area contributed by atoms with Gasteiger partial charge < -0.3 is 10.1 Å². The molecule has 1 N–H and O–H groups in total. The van der Waals surface area contributed by atoms with E-state index in [4.69, 9.17) is 4.74 Å². The highest BCUT2D eigenvalue weighted by Crippen LogP contribution is 2.26. The number of anilines is 1. The summed E-state index contributed by atoms with van der Waals surface area (Å²) in [4.78, 5) is 4.38. The monoisotopic (exact) mass is 164 g/mol. The van der Waals surface area contributed by atoms with Gasteiger partial charge in [0.05, 0.1) is 6.54 Å². The SMILES string of the molecule is Cc1cc2c(nc1C)NCCO2. The standard InChI is InChI=1S/C9H12N2O/c1-6-5-8-9(11-7(6)2)10-3-4-12-8/h5H,3-4H2,1-2H3,(H,10,11). The van der Waals surface area contributed by atoms with Crippen molar-refractivity contribution in [3.8, 4) is 5.75 Å². The number of hydrogen-bond acceptors (Lipinski definition) is 3. The molecule has 0 aliphatic carbocycles. The molecule has 0 atom stereocenters. The Labute approximate surface area is 71.8 Å². The molecule has 0 saturated heterocycles. The number of rotatable bonds is 0. The Morgan fingerprint density at radius 2 is 2.33 bits per heavy atom. The van der Waals surface area contributed by atoms with Gasteiger partial charge in [0.1, 0.15) is 6.61 Å². The lowest BCUT2D eigenvalue weighted by molar-refractivity contribution is 0.321. The van der Waals surface area contributed by atoms with E-state index >= 15 is 0 Å². The molecule has 0 bridgehead atoms. The minimum Gasteiger partial charge on any atom is -0.488 e. The number of nitrogens with zero attached hydrogens (tertiary/aromatic N) is 1. The number of hydrogen-bond donors (Lipinski definition) is 1. The number of aryl methyl sites for hydroxylation is 2. The second-order valence-electron chi connectivity index (χ2n) is 3.01. The number of fused-ring (bicyclic) bond motifs is 1. The lowest BCUT2D eigenvalue weighted by Gasteiger charge is -2.19. The molecule has 1 aromatic heterocycles. The van der Waals surface area contributed by atoms with E-state index in [2.05, 4.69) is 10.3 Å². The highest BCUT2D eigenvalue weighted by Gasteiger charge is 2.11. The predicted octanol–water partition coefficient (Wildman–Crippen LogP) is 1.50. The third-order valence-corrected chi connectivity index (χ3v) is 2.08. The second kappa shape index (κ2) is 2.66. The number of aromatic nitrogens is 1. The molecule has 0 unspecified atom stereocenters. The topological polar surface area (TPSA) is 34.2 Å². The maximum absolute atomic E-state index is 5.43. The fourth-order valence-corrected chi connectivity index (χ4v) is 1.25. The maximum atomic E-state index is 5.43. The number of ether oxygens (including phenoxy) is 1. The van der Waals surface area contributed by atoms with Crippen molar-refractivity contribution in [2.75, 3.05) is 18.5 Å². The van der Waals surface area contributed by atoms with Gasteiger partial charge in [-0.15, -0.1) is 0 Å². The van der Waals surface area contributed by atoms with Gasteiger partial charge >= 0.3 is 0 Å². The molecule has 1 aromatic rings. The first-order chi connectivity index (χ1) is 5.77. The minimum atomic E-state index is 0.733. The third kappa shape index (κ3) is 1.11. The van der Waals surface area contributed by atoms with E-state index in [9.17, 15) is 0 Å². The zero-order chi connectivity index (χ0) is 8.55. The molecule has 2 rings (SSSR count). The average molecular weight is 164 g/mol. The van der Waals surface area contributed by atoms with E-state index in [0.717, 1.165) is 30.4 Å². The summed E-state index contributed by atoms with van der Waals surface area (Å²) in [7, 11) is 0. The van der Waals surface area contributed by atoms with Gasteiger partial charge in [-0.2, -0.15) is 0 Å². The quantitative estimate of drug-likeness (QED) is 0.631. The van der Waals surface area contributed by atoms with E-state index in [-0.39, 0.29) is 0 Å². The Balaban J connectivity index is 2.49. The van der Waals surface area contributed by atoms with Crippen molar-refractivity contribution in [1.82, 2.24) is 4.98 Å². The van der Waals surface area contributed by atoms with Crippen LogP contribution in [0.25, 0.3) is 0 Å². The number of pyridine rings is 1. The highest BCUT2D eigenvalue weighted by molar-refractivity contribution is 5.53. The van der Waals surface area contributed by atoms with Gasteiger partial charge in [0.25, 0.3) is 0 Å². The van der Waals surface area contributed by atoms with Crippen molar-refractivity contribution in [1.29, 1.82) is 0 Å². The van der Waals surface area contributed by atoms with Gasteiger partial charge in [0.2, 0.25) is 0 Å². The second-order valence-corrected chi connectivity index (χ2v) is 3.01. The van der Waals surface area contributed by atoms with Crippen molar-refractivity contribution in [2.45, 2.75) is 13.8 Å². The molecule has 0 aromatic carbocycles. The van der Waals surface area contributed by atoms with Crippen LogP contribution in [0.4, 0.5) is 5.82 Å². The van der Waals surface area contributed by atoms with Crippen molar-refractivity contribution < 1.29 is 4.74 Å². The molecule has 3 heteroatoms. The van der Waals surface area contributed by atoms with Crippen LogP contribution in [0, 0.1) is 13.8 Å². The van der Waals surface area contributed by atoms with Crippen LogP contribution in [0.15, 0.2) is 6.07 Å². The van der Waals surface area contributed by atoms with Crippen molar-refractivity contribution >= 4 is 5.82 Å². The van der Waals surface area contributed by atoms with Crippen LogP contribution in [0.2, 0.25) is 0 Å². The summed E-state index contributed by atoms with van der Waals surface area (Å²) in [6, 6.07) is 2.03. The fraction of sp³-hybridized carbons (Fsp3) is 0.444. The van der Waals surface area contributed by atoms with E-state index in [1.165, 1.54) is 5.56 Å². The maximum Gasteiger partial charge on any atom is 0.169 e. The molecule has 0 spiro atoms. The van der Waals surface area contributed by atoms with E-state index < -0.39 is 0 Å². The number of nitrogens with one attached hydrogen (secondary N) is 1.